The van der Waals surface area contributed by atoms with E-state index >= 15 is 0 Å². The Labute approximate surface area is 542 Å². The summed E-state index contributed by atoms with van der Waals surface area (Å²) in [5.74, 6) is -1.63. The summed E-state index contributed by atoms with van der Waals surface area (Å²) in [6.45, 7) is 8.32. The second-order valence-corrected chi connectivity index (χ2v) is 23.1. The standard InChI is InChI=1S/C19H20F3N3O.C18H18F3N3O.C17H18FN3O.C17H19N3O/c1-13-4-2-3-11-25(13)17-6-5-15(19(20,21)22)12-16(17)24-18(26)14-7-9-23-10-8-14;19-18(20,21)14-4-5-16(24-10-2-1-3-11-24)15(12-14)23-17(25)13-6-8-22-9-7-13;18-14-4-5-16(21-10-2-1-3-11-21)15(12-14)20-17(22)13-6-8-19-9-7-13;21-17(14-8-10-18-11-9-14)19-15-6-2-3-7-16(15)20-12-4-1-5-13-20/h5-10,12-13H,2-4,11H2,1H3,(H,24,26);4-9,12H,1-3,10-11H2,(H,23,25);4-9,12H,1-3,10-11H2,(H,20,22);2-3,6-11H,1,4-5,12-13H2,(H,19,21). The van der Waals surface area contributed by atoms with E-state index in [0.717, 1.165) is 139 Å². The third kappa shape index (κ3) is 19.3. The number of para-hydroxylation sites is 2. The average molecular weight is 1290 g/mol. The van der Waals surface area contributed by atoms with Gasteiger partial charge in [0.2, 0.25) is 0 Å². The molecule has 4 aliphatic rings. The highest BCUT2D eigenvalue weighted by molar-refractivity contribution is 6.08. The van der Waals surface area contributed by atoms with E-state index in [1.54, 1.807) is 55.1 Å². The van der Waals surface area contributed by atoms with Crippen molar-refractivity contribution in [2.75, 3.05) is 86.7 Å². The van der Waals surface area contributed by atoms with Crippen LogP contribution in [0.15, 0.2) is 177 Å². The number of hydrogen-bond acceptors (Lipinski definition) is 12. The Morgan fingerprint density at radius 1 is 0.372 bits per heavy atom. The van der Waals surface area contributed by atoms with Crippen LogP contribution in [0.5, 0.6) is 0 Å². The SMILES string of the molecule is CC1CCCCN1c1ccc(C(F)(F)F)cc1NC(=O)c1ccncc1.O=C(Nc1cc(C(F)(F)F)ccc1N1CCCCC1)c1ccncc1.O=C(Nc1cc(F)ccc1N1CCCCC1)c1ccncc1.O=C(Nc1ccccc1N1CCCCC1)c1ccncc1. The fourth-order valence-electron chi connectivity index (χ4n) is 11.5. The van der Waals surface area contributed by atoms with Gasteiger partial charge in [0, 0.05) is 124 Å². The number of amides is 4. The minimum Gasteiger partial charge on any atom is -0.370 e. The number of halogens is 7. The molecule has 4 aliphatic heterocycles. The lowest BCUT2D eigenvalue weighted by atomic mass is 10.0. The lowest BCUT2D eigenvalue weighted by Crippen LogP contribution is -2.38. The van der Waals surface area contributed by atoms with Gasteiger partial charge in [0.25, 0.3) is 23.6 Å². The molecule has 4 N–H and O–H groups in total. The van der Waals surface area contributed by atoms with Gasteiger partial charge in [-0.25, -0.2) is 4.39 Å². The first-order valence-corrected chi connectivity index (χ1v) is 31.6. The number of hydrogen-bond donors (Lipinski definition) is 4. The Balaban J connectivity index is 0.000000148. The summed E-state index contributed by atoms with van der Waals surface area (Å²) in [5.41, 5.74) is 5.23. The predicted molar refractivity (Wildman–Crippen MR) is 353 cm³/mol. The van der Waals surface area contributed by atoms with Gasteiger partial charge >= 0.3 is 12.4 Å². The Kier molecular flexibility index (Phi) is 24.1. The molecular weight excluding hydrogens is 1220 g/mol. The van der Waals surface area contributed by atoms with Gasteiger partial charge in [-0.3, -0.25) is 39.1 Å². The fraction of sp³-hybridized carbons (Fsp3) is 0.324. The molecule has 4 saturated heterocycles. The van der Waals surface area contributed by atoms with Crippen molar-refractivity contribution in [3.8, 4) is 0 Å². The zero-order chi connectivity index (χ0) is 66.5. The first kappa shape index (κ1) is 68.4. The lowest BCUT2D eigenvalue weighted by molar-refractivity contribution is -0.138. The lowest BCUT2D eigenvalue weighted by Gasteiger charge is -2.36. The summed E-state index contributed by atoms with van der Waals surface area (Å²) in [4.78, 5) is 73.5. The topological polar surface area (TPSA) is 181 Å². The van der Waals surface area contributed by atoms with Gasteiger partial charge in [0.05, 0.1) is 56.6 Å². The van der Waals surface area contributed by atoms with E-state index in [-0.39, 0.29) is 35.0 Å². The molecule has 23 heteroatoms. The number of aromatic nitrogens is 4. The number of benzene rings is 4. The maximum absolute atomic E-state index is 13.6. The van der Waals surface area contributed by atoms with Crippen LogP contribution in [0.3, 0.4) is 0 Å². The highest BCUT2D eigenvalue weighted by atomic mass is 19.4. The van der Waals surface area contributed by atoms with E-state index < -0.39 is 35.3 Å². The number of piperidine rings is 4. The zero-order valence-corrected chi connectivity index (χ0v) is 52.1. The molecular formula is C71H75F7N12O4. The Morgan fingerprint density at radius 3 is 1.07 bits per heavy atom. The summed E-state index contributed by atoms with van der Waals surface area (Å²) in [6, 6.07) is 32.6. The first-order valence-electron chi connectivity index (χ1n) is 31.6. The molecule has 16 nitrogen and oxygen atoms in total. The smallest absolute Gasteiger partial charge is 0.370 e. The average Bonchev–Trinajstić information content (AvgIpc) is 0.879. The van der Waals surface area contributed by atoms with Crippen molar-refractivity contribution in [1.29, 1.82) is 0 Å². The number of carbonyl (C=O) groups excluding carboxylic acids is 4. The van der Waals surface area contributed by atoms with Crippen molar-refractivity contribution in [3.63, 3.8) is 0 Å². The van der Waals surface area contributed by atoms with Crippen LogP contribution in [0.25, 0.3) is 0 Å². The van der Waals surface area contributed by atoms with Crippen molar-refractivity contribution in [2.45, 2.75) is 102 Å². The van der Waals surface area contributed by atoms with Crippen molar-refractivity contribution in [2.24, 2.45) is 0 Å². The van der Waals surface area contributed by atoms with E-state index in [1.807, 2.05) is 30.0 Å². The highest BCUT2D eigenvalue weighted by Crippen LogP contribution is 2.40. The zero-order valence-electron chi connectivity index (χ0n) is 52.1. The van der Waals surface area contributed by atoms with Crippen molar-refractivity contribution in [1.82, 2.24) is 19.9 Å². The molecule has 4 fully saturated rings. The van der Waals surface area contributed by atoms with E-state index in [2.05, 4.69) is 62.0 Å². The maximum Gasteiger partial charge on any atom is 0.416 e. The summed E-state index contributed by atoms with van der Waals surface area (Å²) < 4.78 is 92.2. The van der Waals surface area contributed by atoms with Gasteiger partial charge in [-0.15, -0.1) is 0 Å². The molecule has 4 aromatic carbocycles. The van der Waals surface area contributed by atoms with E-state index in [0.29, 0.717) is 39.3 Å². The van der Waals surface area contributed by atoms with Crippen LogP contribution >= 0.6 is 0 Å². The summed E-state index contributed by atoms with van der Waals surface area (Å²) in [7, 11) is 0. The van der Waals surface area contributed by atoms with Crippen LogP contribution in [-0.2, 0) is 12.4 Å². The van der Waals surface area contributed by atoms with Crippen LogP contribution in [0.1, 0.15) is 137 Å². The van der Waals surface area contributed by atoms with Crippen molar-refractivity contribution in [3.05, 3.63) is 216 Å². The molecule has 0 bridgehead atoms. The van der Waals surface area contributed by atoms with Crippen molar-refractivity contribution >= 4 is 69.1 Å². The minimum atomic E-state index is -4.47. The summed E-state index contributed by atoms with van der Waals surface area (Å²) >= 11 is 0. The monoisotopic (exact) mass is 1290 g/mol. The number of nitrogens with zero attached hydrogens (tertiary/aromatic N) is 8. The molecule has 492 valence electrons. The van der Waals surface area contributed by atoms with Crippen molar-refractivity contribution < 1.29 is 49.9 Å². The number of rotatable bonds is 12. The molecule has 12 rings (SSSR count). The quantitative estimate of drug-likeness (QED) is 0.0852. The number of carbonyl (C=O) groups is 4. The maximum atomic E-state index is 13.6. The van der Waals surface area contributed by atoms with Gasteiger partial charge in [0.1, 0.15) is 5.82 Å². The largest absolute Gasteiger partial charge is 0.416 e. The minimum absolute atomic E-state index is 0.0955. The highest BCUT2D eigenvalue weighted by Gasteiger charge is 2.34. The number of anilines is 8. The van der Waals surface area contributed by atoms with Gasteiger partial charge in [0.15, 0.2) is 0 Å². The Bertz CT molecular complexity index is 3760. The molecule has 8 aromatic rings. The van der Waals surface area contributed by atoms with Crippen LogP contribution in [0, 0.1) is 5.82 Å². The molecule has 1 unspecified atom stereocenters. The molecule has 0 saturated carbocycles. The molecule has 94 heavy (non-hydrogen) atoms. The number of nitrogens with one attached hydrogen (secondary N) is 4. The van der Waals surface area contributed by atoms with Gasteiger partial charge < -0.3 is 40.9 Å². The van der Waals surface area contributed by atoms with Gasteiger partial charge in [-0.1, -0.05) is 12.1 Å². The van der Waals surface area contributed by atoms with E-state index in [4.69, 9.17) is 0 Å². The molecule has 4 amide bonds. The first-order chi connectivity index (χ1) is 45.4. The normalized spacial score (nSPS) is 15.7. The summed E-state index contributed by atoms with van der Waals surface area (Å²) in [5, 5.41) is 11.1. The second kappa shape index (κ2) is 33.1. The molecule has 0 aliphatic carbocycles. The molecule has 8 heterocycles. The molecule has 0 spiro atoms. The third-order valence-electron chi connectivity index (χ3n) is 16.5. The third-order valence-corrected chi connectivity index (χ3v) is 16.5. The van der Waals surface area contributed by atoms with E-state index in [1.165, 1.54) is 99.0 Å². The molecule has 0 radical (unpaired) electrons. The molecule has 1 atom stereocenters. The Morgan fingerprint density at radius 2 is 0.691 bits per heavy atom. The van der Waals surface area contributed by atoms with Crippen LogP contribution in [0.4, 0.5) is 76.2 Å². The molecule has 4 aromatic heterocycles. The van der Waals surface area contributed by atoms with Crippen LogP contribution in [-0.4, -0.2) is 95.4 Å². The number of pyridine rings is 4. The van der Waals surface area contributed by atoms with E-state index in [9.17, 15) is 49.9 Å². The number of alkyl halides is 6. The van der Waals surface area contributed by atoms with Crippen LogP contribution < -0.4 is 40.9 Å². The van der Waals surface area contributed by atoms with Crippen LogP contribution in [0.2, 0.25) is 0 Å². The fourth-order valence-corrected chi connectivity index (χ4v) is 11.5. The summed E-state index contributed by atoms with van der Waals surface area (Å²) in [6.07, 6.45) is 16.6. The van der Waals surface area contributed by atoms with Gasteiger partial charge in [-0.2, -0.15) is 26.3 Å². The Hall–Kier alpha value is -9.93. The predicted octanol–water partition coefficient (Wildman–Crippen LogP) is 15.9. The second-order valence-electron chi connectivity index (χ2n) is 23.1. The van der Waals surface area contributed by atoms with Gasteiger partial charge in [-0.05, 0) is 199 Å².